The molecule has 0 aromatic carbocycles. The van der Waals surface area contributed by atoms with Crippen molar-refractivity contribution < 1.29 is 4.74 Å². The molecule has 0 fully saturated rings. The van der Waals surface area contributed by atoms with Gasteiger partial charge >= 0.3 is 0 Å². The second-order valence-corrected chi connectivity index (χ2v) is 3.47. The Labute approximate surface area is 104 Å². The number of amidine groups is 1. The molecule has 0 rings (SSSR count). The average Bonchev–Trinajstić information content (AvgIpc) is 2.18. The van der Waals surface area contributed by atoms with Crippen LogP contribution in [0.4, 0.5) is 0 Å². The lowest BCUT2D eigenvalue weighted by atomic mass is 10.1. The number of hydrogen-bond acceptors (Lipinski definition) is 2. The Morgan fingerprint density at radius 2 is 1.81 bits per heavy atom. The van der Waals surface area contributed by atoms with Gasteiger partial charge in [0.25, 0.3) is 0 Å². The summed E-state index contributed by atoms with van der Waals surface area (Å²) in [4.78, 5) is 3.97. The van der Waals surface area contributed by atoms with E-state index in [1.807, 2.05) is 27.7 Å². The molecule has 0 heterocycles. The van der Waals surface area contributed by atoms with Gasteiger partial charge in [0.15, 0.2) is 0 Å². The first kappa shape index (κ1) is 17.6. The number of methoxy groups -OCH3 is 1. The quantitative estimate of drug-likeness (QED) is 0.357. The highest BCUT2D eigenvalue weighted by Crippen LogP contribution is 2.22. The average molecular weight is 247 g/mol. The molecule has 4 heteroatoms. The molecule has 0 aliphatic heterocycles. The Hall–Kier alpha value is -0.800. The normalized spacial score (nSPS) is 14.6. The minimum Gasteiger partial charge on any atom is -0.387 e. The van der Waals surface area contributed by atoms with E-state index in [-0.39, 0.29) is 6.10 Å². The van der Waals surface area contributed by atoms with Crippen molar-refractivity contribution >= 4 is 17.4 Å². The molecule has 0 radical (unpaired) electrons. The fraction of sp³-hybridized carbons (Fsp3) is 0.583. The Kier molecular flexibility index (Phi) is 10.4. The molecule has 0 aliphatic rings. The van der Waals surface area contributed by atoms with Gasteiger partial charge in [0.2, 0.25) is 0 Å². The first-order valence-corrected chi connectivity index (χ1v) is 5.67. The molecule has 0 aromatic rings. The van der Waals surface area contributed by atoms with Crippen molar-refractivity contribution in [2.24, 2.45) is 10.7 Å². The van der Waals surface area contributed by atoms with Crippen LogP contribution in [0.5, 0.6) is 0 Å². The summed E-state index contributed by atoms with van der Waals surface area (Å²) in [6, 6.07) is 0. The molecule has 1 unspecified atom stereocenters. The minimum atomic E-state index is -0.136. The number of nitrogens with two attached hydrogens (primary N) is 1. The van der Waals surface area contributed by atoms with Gasteiger partial charge in [-0.3, -0.25) is 0 Å². The summed E-state index contributed by atoms with van der Waals surface area (Å²) in [6.07, 6.45) is -0.136. The summed E-state index contributed by atoms with van der Waals surface area (Å²) < 4.78 is 5.16. The van der Waals surface area contributed by atoms with E-state index in [1.54, 1.807) is 14.0 Å². The number of aliphatic imine (C=N–C) groups is 1. The number of halogens is 1. The van der Waals surface area contributed by atoms with E-state index in [4.69, 9.17) is 22.1 Å². The highest BCUT2D eigenvalue weighted by molar-refractivity contribution is 6.30. The first-order chi connectivity index (χ1) is 7.40. The lowest BCUT2D eigenvalue weighted by Crippen LogP contribution is -2.12. The van der Waals surface area contributed by atoms with Crippen LogP contribution in [0, 0.1) is 0 Å². The lowest BCUT2D eigenvalue weighted by molar-refractivity contribution is 0.148. The zero-order valence-corrected chi connectivity index (χ0v) is 11.9. The third-order valence-corrected chi connectivity index (χ3v) is 2.00. The number of rotatable bonds is 4. The highest BCUT2D eigenvalue weighted by atomic mass is 35.5. The molecule has 16 heavy (non-hydrogen) atoms. The van der Waals surface area contributed by atoms with E-state index in [0.29, 0.717) is 11.0 Å². The molecule has 1 atom stereocenters. The van der Waals surface area contributed by atoms with Gasteiger partial charge in [-0.05, 0) is 26.3 Å². The summed E-state index contributed by atoms with van der Waals surface area (Å²) in [5, 5.41) is 0.340. The summed E-state index contributed by atoms with van der Waals surface area (Å²) in [6.45, 7) is 13.2. The van der Waals surface area contributed by atoms with Crippen molar-refractivity contribution in [2.45, 2.75) is 40.7 Å². The molecule has 2 N–H and O–H groups in total. The molecule has 0 spiro atoms. The molecule has 0 saturated carbocycles. The topological polar surface area (TPSA) is 47.6 Å². The van der Waals surface area contributed by atoms with Crippen LogP contribution in [-0.2, 0) is 4.74 Å². The van der Waals surface area contributed by atoms with E-state index in [0.717, 1.165) is 11.1 Å². The molecule has 0 amide bonds. The Morgan fingerprint density at radius 3 is 2.06 bits per heavy atom. The second kappa shape index (κ2) is 9.43. The first-order valence-electron chi connectivity index (χ1n) is 5.29. The maximum absolute atomic E-state index is 5.98. The van der Waals surface area contributed by atoms with Crippen LogP contribution in [0.2, 0.25) is 0 Å². The van der Waals surface area contributed by atoms with Crippen molar-refractivity contribution in [1.82, 2.24) is 0 Å². The highest BCUT2D eigenvalue weighted by Gasteiger charge is 2.13. The second-order valence-electron chi connectivity index (χ2n) is 3.12. The zero-order valence-electron chi connectivity index (χ0n) is 11.1. The Bertz CT molecular complexity index is 279. The van der Waals surface area contributed by atoms with Crippen molar-refractivity contribution in [3.05, 3.63) is 22.9 Å². The Balaban J connectivity index is 0. The molecule has 0 aromatic heterocycles. The van der Waals surface area contributed by atoms with Gasteiger partial charge in [-0.15, -0.1) is 0 Å². The smallest absolute Gasteiger partial charge is 0.137 e. The molecule has 94 valence electrons. The summed E-state index contributed by atoms with van der Waals surface area (Å²) in [7, 11) is 1.61. The van der Waals surface area contributed by atoms with Gasteiger partial charge < -0.3 is 10.5 Å². The predicted octanol–water partition coefficient (Wildman–Crippen LogP) is 3.45. The maximum atomic E-state index is 5.98. The summed E-state index contributed by atoms with van der Waals surface area (Å²) in [5.41, 5.74) is 7.04. The van der Waals surface area contributed by atoms with Crippen molar-refractivity contribution in [3.63, 3.8) is 0 Å². The molecule has 3 nitrogen and oxygen atoms in total. The van der Waals surface area contributed by atoms with Crippen LogP contribution in [0.15, 0.2) is 27.9 Å². The third-order valence-electron chi connectivity index (χ3n) is 1.72. The third kappa shape index (κ3) is 6.64. The minimum absolute atomic E-state index is 0.136. The van der Waals surface area contributed by atoms with Gasteiger partial charge in [-0.25, -0.2) is 4.99 Å². The largest absolute Gasteiger partial charge is 0.387 e. The van der Waals surface area contributed by atoms with Gasteiger partial charge in [-0.2, -0.15) is 0 Å². The number of nitrogens with zero attached hydrogens (tertiary/aromatic N) is 1. The van der Waals surface area contributed by atoms with Crippen LogP contribution in [-0.4, -0.2) is 19.0 Å². The maximum Gasteiger partial charge on any atom is 0.137 e. The monoisotopic (exact) mass is 246 g/mol. The Morgan fingerprint density at radius 1 is 1.38 bits per heavy atom. The fourth-order valence-corrected chi connectivity index (χ4v) is 1.47. The van der Waals surface area contributed by atoms with Crippen LogP contribution in [0.25, 0.3) is 0 Å². The van der Waals surface area contributed by atoms with E-state index in [1.165, 1.54) is 0 Å². The van der Waals surface area contributed by atoms with E-state index in [9.17, 15) is 0 Å². The molecule has 0 aliphatic carbocycles. The molecule has 0 saturated heterocycles. The SMILES string of the molecule is C=C(C)/C(=C(Cl)\N=C(/C)N)C(C)OC.CC. The standard InChI is InChI=1S/C10H17ClN2O.C2H6/c1-6(2)9(7(3)14-5)10(11)13-8(4)12;1-2/h7H,1H2,2-5H3,(H2,12,13);1-2H3/b10-9+;. The van der Waals surface area contributed by atoms with E-state index >= 15 is 0 Å². The van der Waals surface area contributed by atoms with Crippen molar-refractivity contribution in [1.29, 1.82) is 0 Å². The lowest BCUT2D eigenvalue weighted by Gasteiger charge is -2.15. The van der Waals surface area contributed by atoms with Crippen LogP contribution >= 0.6 is 11.6 Å². The van der Waals surface area contributed by atoms with E-state index in [2.05, 4.69) is 11.6 Å². The van der Waals surface area contributed by atoms with Gasteiger partial charge in [0, 0.05) is 12.7 Å². The van der Waals surface area contributed by atoms with Gasteiger partial charge in [-0.1, -0.05) is 32.0 Å². The molecule has 0 bridgehead atoms. The van der Waals surface area contributed by atoms with Crippen LogP contribution in [0.3, 0.4) is 0 Å². The molecular formula is C12H23ClN2O. The van der Waals surface area contributed by atoms with Gasteiger partial charge in [0.05, 0.1) is 11.9 Å². The molecular weight excluding hydrogens is 224 g/mol. The number of hydrogen-bond donors (Lipinski definition) is 1. The summed E-state index contributed by atoms with van der Waals surface area (Å²) in [5.74, 6) is 0.414. The zero-order chi connectivity index (χ0) is 13.3. The van der Waals surface area contributed by atoms with Crippen molar-refractivity contribution in [2.75, 3.05) is 7.11 Å². The van der Waals surface area contributed by atoms with Crippen LogP contribution < -0.4 is 5.73 Å². The van der Waals surface area contributed by atoms with E-state index < -0.39 is 0 Å². The predicted molar refractivity (Wildman–Crippen MR) is 72.8 cm³/mol. The van der Waals surface area contributed by atoms with Crippen LogP contribution in [0.1, 0.15) is 34.6 Å². The number of ether oxygens (including phenoxy) is 1. The summed E-state index contributed by atoms with van der Waals surface area (Å²) >= 11 is 5.98. The van der Waals surface area contributed by atoms with Crippen molar-refractivity contribution in [3.8, 4) is 0 Å². The van der Waals surface area contributed by atoms with Gasteiger partial charge in [0.1, 0.15) is 5.16 Å². The fourth-order valence-electron chi connectivity index (χ4n) is 1.02.